The van der Waals surface area contributed by atoms with Gasteiger partial charge < -0.3 is 30.3 Å². The van der Waals surface area contributed by atoms with Crippen molar-refractivity contribution in [3.8, 4) is 0 Å². The van der Waals surface area contributed by atoms with Crippen molar-refractivity contribution < 1.29 is 4.79 Å². The van der Waals surface area contributed by atoms with Gasteiger partial charge in [0.2, 0.25) is 11.9 Å². The quantitative estimate of drug-likeness (QED) is 0.534. The van der Waals surface area contributed by atoms with Gasteiger partial charge in [-0.05, 0) is 43.8 Å². The number of amides is 1. The van der Waals surface area contributed by atoms with Crippen molar-refractivity contribution in [3.63, 3.8) is 0 Å². The van der Waals surface area contributed by atoms with Gasteiger partial charge in [0.1, 0.15) is 11.5 Å². The summed E-state index contributed by atoms with van der Waals surface area (Å²) in [6.07, 6.45) is 3.34. The Bertz CT molecular complexity index is 1100. The summed E-state index contributed by atoms with van der Waals surface area (Å²) in [6, 6.07) is 10.6. The van der Waals surface area contributed by atoms with E-state index in [1.807, 2.05) is 24.1 Å². The first kappa shape index (κ1) is 21.5. The molecule has 1 amide bonds. The summed E-state index contributed by atoms with van der Waals surface area (Å²) in [5.41, 5.74) is 2.97. The van der Waals surface area contributed by atoms with Crippen LogP contribution in [0, 0.1) is 0 Å². The second-order valence-corrected chi connectivity index (χ2v) is 8.92. The van der Waals surface area contributed by atoms with E-state index in [4.69, 9.17) is 4.98 Å². The van der Waals surface area contributed by atoms with E-state index in [2.05, 4.69) is 61.7 Å². The zero-order valence-electron chi connectivity index (χ0n) is 19.3. The Labute approximate surface area is 194 Å². The van der Waals surface area contributed by atoms with Crippen LogP contribution >= 0.6 is 0 Å². The number of fused-ring (bicyclic) bond motifs is 1. The molecule has 33 heavy (non-hydrogen) atoms. The minimum atomic E-state index is 0.184. The number of carbonyl (C=O) groups excluding carboxylic acids is 1. The van der Waals surface area contributed by atoms with Gasteiger partial charge in [-0.25, -0.2) is 0 Å². The van der Waals surface area contributed by atoms with Gasteiger partial charge in [0.25, 0.3) is 0 Å². The Morgan fingerprint density at radius 2 is 1.88 bits per heavy atom. The lowest BCUT2D eigenvalue weighted by atomic mass is 10.2. The number of likely N-dealkylation sites (N-methyl/N-ethyl adjacent to an activating group) is 1. The molecule has 174 valence electrons. The van der Waals surface area contributed by atoms with E-state index in [1.54, 1.807) is 0 Å². The number of H-pyrrole nitrogens is 1. The van der Waals surface area contributed by atoms with Crippen LogP contribution in [0.5, 0.6) is 0 Å². The SMILES string of the molecule is CCC(=O)N1CC[C@@H](Nc2nc(Nc3ccc(N4CCN(C)CC4)cc3)nc3[nH]ccc23)C1. The highest BCUT2D eigenvalue weighted by molar-refractivity contribution is 5.88. The Morgan fingerprint density at radius 1 is 1.09 bits per heavy atom. The summed E-state index contributed by atoms with van der Waals surface area (Å²) in [6.45, 7) is 7.68. The number of carbonyl (C=O) groups is 1. The average Bonchev–Trinajstić information content (AvgIpc) is 3.49. The molecular weight excluding hydrogens is 416 g/mol. The molecule has 3 N–H and O–H groups in total. The minimum Gasteiger partial charge on any atom is -0.369 e. The molecule has 0 unspecified atom stereocenters. The van der Waals surface area contributed by atoms with Crippen LogP contribution in [0.2, 0.25) is 0 Å². The largest absolute Gasteiger partial charge is 0.369 e. The number of benzene rings is 1. The summed E-state index contributed by atoms with van der Waals surface area (Å²) >= 11 is 0. The fourth-order valence-electron chi connectivity index (χ4n) is 4.58. The maximum absolute atomic E-state index is 12.0. The molecule has 2 saturated heterocycles. The molecule has 4 heterocycles. The molecule has 0 saturated carbocycles. The molecule has 2 aliphatic heterocycles. The second-order valence-electron chi connectivity index (χ2n) is 8.92. The zero-order valence-corrected chi connectivity index (χ0v) is 19.3. The van der Waals surface area contributed by atoms with Gasteiger partial charge in [-0.2, -0.15) is 9.97 Å². The number of piperazine rings is 1. The van der Waals surface area contributed by atoms with Crippen molar-refractivity contribution in [3.05, 3.63) is 36.5 Å². The maximum atomic E-state index is 12.0. The normalized spacial score (nSPS) is 19.3. The highest BCUT2D eigenvalue weighted by Gasteiger charge is 2.26. The number of nitrogens with zero attached hydrogens (tertiary/aromatic N) is 5. The molecule has 0 bridgehead atoms. The number of aromatic amines is 1. The van der Waals surface area contributed by atoms with Crippen molar-refractivity contribution in [2.45, 2.75) is 25.8 Å². The molecule has 9 nitrogen and oxygen atoms in total. The van der Waals surface area contributed by atoms with Crippen molar-refractivity contribution in [2.75, 3.05) is 61.8 Å². The van der Waals surface area contributed by atoms with Gasteiger partial charge in [0, 0.05) is 69.3 Å². The lowest BCUT2D eigenvalue weighted by Crippen LogP contribution is -2.44. The maximum Gasteiger partial charge on any atom is 0.231 e. The summed E-state index contributed by atoms with van der Waals surface area (Å²) < 4.78 is 0. The van der Waals surface area contributed by atoms with Gasteiger partial charge in [-0.1, -0.05) is 6.92 Å². The van der Waals surface area contributed by atoms with Crippen LogP contribution in [0.1, 0.15) is 19.8 Å². The molecule has 2 aromatic heterocycles. The minimum absolute atomic E-state index is 0.184. The average molecular weight is 449 g/mol. The van der Waals surface area contributed by atoms with Crippen LogP contribution in [0.25, 0.3) is 11.0 Å². The van der Waals surface area contributed by atoms with Crippen molar-refractivity contribution in [1.29, 1.82) is 0 Å². The van der Waals surface area contributed by atoms with Crippen molar-refractivity contribution >= 4 is 40.1 Å². The molecule has 5 rings (SSSR count). The fraction of sp³-hybridized carbons (Fsp3) is 0.458. The first-order valence-corrected chi connectivity index (χ1v) is 11.8. The molecule has 3 aromatic rings. The van der Waals surface area contributed by atoms with Crippen LogP contribution in [-0.4, -0.2) is 83.0 Å². The number of anilines is 4. The number of likely N-dealkylation sites (tertiary alicyclic amines) is 1. The molecule has 2 fully saturated rings. The van der Waals surface area contributed by atoms with Gasteiger partial charge in [0.05, 0.1) is 5.39 Å². The first-order chi connectivity index (χ1) is 16.1. The standard InChI is InChI=1S/C24H32N8O/c1-3-21(33)32-11-9-18(16-32)26-23-20-8-10-25-22(20)28-24(29-23)27-17-4-6-19(7-5-17)31-14-12-30(2)13-15-31/h4-8,10,18H,3,9,11-16H2,1-2H3,(H3,25,26,27,28,29)/t18-/m1/s1. The Balaban J connectivity index is 1.29. The predicted molar refractivity (Wildman–Crippen MR) is 132 cm³/mol. The van der Waals surface area contributed by atoms with Crippen LogP contribution in [0.3, 0.4) is 0 Å². The summed E-state index contributed by atoms with van der Waals surface area (Å²) in [5.74, 6) is 1.53. The van der Waals surface area contributed by atoms with E-state index in [1.165, 1.54) is 5.69 Å². The van der Waals surface area contributed by atoms with Gasteiger partial charge in [0.15, 0.2) is 0 Å². The Kier molecular flexibility index (Phi) is 6.04. The number of hydrogen-bond acceptors (Lipinski definition) is 7. The smallest absolute Gasteiger partial charge is 0.231 e. The molecule has 0 spiro atoms. The molecule has 1 aromatic carbocycles. The molecule has 0 radical (unpaired) electrons. The lowest BCUT2D eigenvalue weighted by molar-refractivity contribution is -0.129. The number of rotatable bonds is 6. The number of hydrogen-bond donors (Lipinski definition) is 3. The third kappa shape index (κ3) is 4.73. The zero-order chi connectivity index (χ0) is 22.8. The van der Waals surface area contributed by atoms with E-state index in [-0.39, 0.29) is 11.9 Å². The van der Waals surface area contributed by atoms with E-state index >= 15 is 0 Å². The third-order valence-electron chi connectivity index (χ3n) is 6.59. The van der Waals surface area contributed by atoms with Gasteiger partial charge in [-0.15, -0.1) is 0 Å². The van der Waals surface area contributed by atoms with E-state index in [0.29, 0.717) is 18.9 Å². The van der Waals surface area contributed by atoms with Crippen molar-refractivity contribution in [2.24, 2.45) is 0 Å². The topological polar surface area (TPSA) is 92.4 Å². The molecule has 9 heteroatoms. The highest BCUT2D eigenvalue weighted by Crippen LogP contribution is 2.26. The first-order valence-electron chi connectivity index (χ1n) is 11.8. The van der Waals surface area contributed by atoms with E-state index in [9.17, 15) is 4.79 Å². The van der Waals surface area contributed by atoms with E-state index < -0.39 is 0 Å². The van der Waals surface area contributed by atoms with Crippen LogP contribution < -0.4 is 15.5 Å². The summed E-state index contributed by atoms with van der Waals surface area (Å²) in [7, 11) is 2.17. The predicted octanol–water partition coefficient (Wildman–Crippen LogP) is 2.88. The Hall–Kier alpha value is -3.33. The number of aromatic nitrogens is 3. The van der Waals surface area contributed by atoms with Crippen molar-refractivity contribution in [1.82, 2.24) is 24.8 Å². The summed E-state index contributed by atoms with van der Waals surface area (Å²) in [4.78, 5) is 31.3. The van der Waals surface area contributed by atoms with Crippen LogP contribution in [-0.2, 0) is 4.79 Å². The molecule has 0 aliphatic carbocycles. The Morgan fingerprint density at radius 3 is 2.64 bits per heavy atom. The number of nitrogens with one attached hydrogen (secondary N) is 3. The fourth-order valence-corrected chi connectivity index (χ4v) is 4.58. The summed E-state index contributed by atoms with van der Waals surface area (Å²) in [5, 5.41) is 7.85. The lowest BCUT2D eigenvalue weighted by Gasteiger charge is -2.34. The molecule has 1 atom stereocenters. The van der Waals surface area contributed by atoms with Gasteiger partial charge >= 0.3 is 0 Å². The highest BCUT2D eigenvalue weighted by atomic mass is 16.2. The molecular formula is C24H32N8O. The molecule has 2 aliphatic rings. The van der Waals surface area contributed by atoms with Crippen LogP contribution in [0.4, 0.5) is 23.1 Å². The van der Waals surface area contributed by atoms with E-state index in [0.717, 1.165) is 61.7 Å². The second kappa shape index (κ2) is 9.27. The third-order valence-corrected chi connectivity index (χ3v) is 6.59. The van der Waals surface area contributed by atoms with Crippen LogP contribution in [0.15, 0.2) is 36.5 Å². The van der Waals surface area contributed by atoms with Gasteiger partial charge in [-0.3, -0.25) is 4.79 Å². The monoisotopic (exact) mass is 448 g/mol.